The molecule has 2 fully saturated rings. The summed E-state index contributed by atoms with van der Waals surface area (Å²) in [5.41, 5.74) is 27.7. The van der Waals surface area contributed by atoms with Crippen LogP contribution in [0.25, 0.3) is 10.7 Å². The number of imidazole rings is 1. The third-order valence-corrected chi connectivity index (χ3v) is 21.0. The second-order valence-electron chi connectivity index (χ2n) is 28.0. The number of unbranched alkanes of at least 4 members (excludes halogenated alkanes) is 1. The number of non-ortho nitro benzene ring substituents is 2. The quantitative estimate of drug-likeness (QED) is 0.00964. The van der Waals surface area contributed by atoms with Crippen molar-refractivity contribution in [2.75, 3.05) is 58.2 Å². The van der Waals surface area contributed by atoms with Crippen molar-refractivity contribution in [3.8, 4) is 10.7 Å². The lowest BCUT2D eigenvalue weighted by molar-refractivity contribution is -0.385. The first-order valence-corrected chi connectivity index (χ1v) is 39.2. The van der Waals surface area contributed by atoms with E-state index in [1.54, 1.807) is 5.38 Å². The van der Waals surface area contributed by atoms with Crippen molar-refractivity contribution in [3.05, 3.63) is 137 Å². The number of hydrogen-bond donors (Lipinski definition) is 21. The Morgan fingerprint density at radius 2 is 1.31 bits per heavy atom. The van der Waals surface area contributed by atoms with Gasteiger partial charge in [-0.3, -0.25) is 63.4 Å². The van der Waals surface area contributed by atoms with E-state index in [0.29, 0.717) is 28.6 Å². The van der Waals surface area contributed by atoms with Crippen LogP contribution in [-0.2, 0) is 54.1 Å². The van der Waals surface area contributed by atoms with Crippen LogP contribution >= 0.6 is 22.7 Å². The molecule has 2 aliphatic heterocycles. The molecule has 26 N–H and O–H groups in total. The number of benzene rings is 2. The Labute approximate surface area is 694 Å². The molecule has 50 heteroatoms. The molecule has 6 heterocycles. The summed E-state index contributed by atoms with van der Waals surface area (Å²) < 4.78 is 28.8. The van der Waals surface area contributed by atoms with Gasteiger partial charge in [0.25, 0.3) is 35.0 Å². The number of thiazole rings is 2. The normalized spacial score (nSPS) is 21.2. The van der Waals surface area contributed by atoms with E-state index in [4.69, 9.17) is 52.4 Å². The number of nitrogen functional groups attached to an aromatic ring is 1. The summed E-state index contributed by atoms with van der Waals surface area (Å²) >= 11 is 2.31. The van der Waals surface area contributed by atoms with Crippen molar-refractivity contribution in [2.24, 2.45) is 28.9 Å². The molecule has 0 bridgehead atoms. The number of H-pyrrole nitrogens is 1. The van der Waals surface area contributed by atoms with Gasteiger partial charge >= 0.3 is 6.09 Å². The van der Waals surface area contributed by atoms with Crippen molar-refractivity contribution in [2.45, 2.75) is 170 Å². The molecule has 0 saturated carbocycles. The average Bonchev–Trinajstić information content (AvgIpc) is 1.45. The predicted molar refractivity (Wildman–Crippen MR) is 418 cm³/mol. The summed E-state index contributed by atoms with van der Waals surface area (Å²) in [6.07, 6.45) is -24.6. The zero-order valence-electron chi connectivity index (χ0n) is 65.2. The smallest absolute Gasteiger partial charge is 0.404 e. The monoisotopic (exact) mass is 1740 g/mol. The number of anilines is 1. The van der Waals surface area contributed by atoms with Crippen LogP contribution < -0.4 is 65.9 Å². The highest BCUT2D eigenvalue weighted by Crippen LogP contribution is 2.35. The predicted octanol–water partition coefficient (Wildman–Crippen LogP) is -5.41. The fourth-order valence-electron chi connectivity index (χ4n) is 12.4. The Hall–Kier alpha value is -11.5. The summed E-state index contributed by atoms with van der Waals surface area (Å²) in [5.74, 6) is -10.1. The van der Waals surface area contributed by atoms with Crippen molar-refractivity contribution >= 4 is 99.1 Å². The van der Waals surface area contributed by atoms with E-state index in [2.05, 4.69) is 67.1 Å². The molecule has 0 aliphatic carbocycles. The molecule has 0 spiro atoms. The molecule has 0 radical (unpaired) electrons. The molecule has 2 saturated heterocycles. The number of carbonyl (C=O) groups is 10. The molecular formula is C71H95N21O27S2. The van der Waals surface area contributed by atoms with Crippen LogP contribution in [0.4, 0.5) is 22.0 Å². The Bertz CT molecular complexity index is 4590. The van der Waals surface area contributed by atoms with Crippen molar-refractivity contribution in [1.29, 1.82) is 0 Å². The molecule has 0 unspecified atom stereocenters. The molecule has 19 atom stereocenters. The number of nitrogens with zero attached hydrogens (tertiary/aromatic N) is 8. The standard InChI is InChI=1S/C71H95N21O27S2/c1-30-47(86-60(89-58(30)74)39(22-45(73)96)81-23-38(72)59(75)102)65(107)88-49(55(40-24-77-29-82-40)117-70-57(53(100)51(98)43(25-93)116-70)118-69-54(101)56(119-71(76)110)52(99)44(26-94)115-69)66(108)83-32(3)50(97)31(2)61(103)87-48(33(4)95)64(106)80-19-16-46-84-42(28-120-46)67-85-41(27-121-67)63(105)79-18-7-21-90(68(109)35-10-14-37(15-11-35)92(113)114)20-6-5-17-78-62(104)34-8-12-36(13-9-34)91(111)112/h8-15,24,27-29,31-33,38-39,43-44,48-57,69-70,81,93-95,97-101H,5-7,16-23,25-26,72H2,1-4H3,(H2,73,96)(H2,75,102)(H2,76,110)(H,77,82)(H,78,104)(H,79,105)(H,80,106)(H,83,108)(H,87,103)(H,88,107)(H2,74,86,89)/t31-,32+,33+,38-,39-,43-,44+,48-,49-,50-,51+,52+,53-,54-,55-,56-,57-,69+,70-/m0/s1. The van der Waals surface area contributed by atoms with Crippen LogP contribution in [0.3, 0.4) is 0 Å². The van der Waals surface area contributed by atoms with Gasteiger partial charge in [-0.15, -0.1) is 22.7 Å². The summed E-state index contributed by atoms with van der Waals surface area (Å²) in [6, 6.07) is 2.07. The molecule has 8 rings (SSSR count). The minimum Gasteiger partial charge on any atom is -0.441 e. The SMILES string of the molecule is Cc1c(N)nc([C@H](CC(N)=O)NC[C@H](N)C(N)=O)nc1C(=O)N[C@H](C(=O)N[C@H](C)[C@@H](O)[C@H](C)C(=O)N[C@H](C(=O)NCCc1nc(-c2nc(C(=O)NCCCN(CCCCNC(=O)c3ccc([N+](=O)[O-])cc3)C(=O)c3ccc([N+](=O)[O-])cc3)cs2)cs1)[C@@H](C)O)[C@@H](O[C@@H]1O[C@@H](CO)[C@@H](O)[C@H](O)[C@@H]1O[C@H]1O[C@H](CO)[C@@H](O)[C@H](OC(N)=O)[C@@H]1O)c1cnc[nH]1. The van der Waals surface area contributed by atoms with Gasteiger partial charge in [-0.05, 0) is 64.3 Å². The zero-order valence-corrected chi connectivity index (χ0v) is 66.8. The topological polar surface area (TPSA) is 763 Å². The van der Waals surface area contributed by atoms with Crippen LogP contribution in [0, 0.1) is 33.1 Å². The maximum absolute atomic E-state index is 15.3. The zero-order chi connectivity index (χ0) is 88.8. The number of nitrogens with two attached hydrogens (primary N) is 5. The molecule has 6 aromatic rings. The number of carbonyl (C=O) groups excluding carboxylic acids is 10. The number of aromatic nitrogens is 6. The molecule has 121 heavy (non-hydrogen) atoms. The fourth-order valence-corrected chi connectivity index (χ4v) is 14.0. The van der Waals surface area contributed by atoms with Gasteiger partial charge in [0.05, 0.1) is 82.5 Å². The molecule has 4 aromatic heterocycles. The Balaban J connectivity index is 0.919. The number of aliphatic hydroxyl groups is 8. The summed E-state index contributed by atoms with van der Waals surface area (Å²) in [5, 5.41) is 133. The van der Waals surface area contributed by atoms with E-state index in [-0.39, 0.29) is 103 Å². The van der Waals surface area contributed by atoms with E-state index in [9.17, 15) is 99.4 Å². The number of rotatable bonds is 44. The lowest BCUT2D eigenvalue weighted by Gasteiger charge is -2.47. The van der Waals surface area contributed by atoms with E-state index in [0.717, 1.165) is 23.9 Å². The molecule has 10 amide bonds. The van der Waals surface area contributed by atoms with Crippen LogP contribution in [0.2, 0.25) is 0 Å². The second-order valence-corrected chi connectivity index (χ2v) is 29.8. The van der Waals surface area contributed by atoms with Gasteiger partial charge in [-0.25, -0.2) is 29.7 Å². The number of primary amides is 3. The number of amides is 10. The Kier molecular flexibility index (Phi) is 34.7. The first-order chi connectivity index (χ1) is 57.4. The highest BCUT2D eigenvalue weighted by atomic mass is 32.1. The van der Waals surface area contributed by atoms with E-state index >= 15 is 9.59 Å². The van der Waals surface area contributed by atoms with Crippen molar-refractivity contribution in [3.63, 3.8) is 0 Å². The number of aliphatic hydroxyl groups excluding tert-OH is 8. The van der Waals surface area contributed by atoms with E-state index in [1.165, 1.54) is 97.8 Å². The fraction of sp³-hybridized carbons (Fsp3) is 0.507. The molecule has 48 nitrogen and oxygen atoms in total. The molecule has 2 aliphatic rings. The second kappa shape index (κ2) is 44.2. The summed E-state index contributed by atoms with van der Waals surface area (Å²) in [7, 11) is 0. The minimum absolute atomic E-state index is 0.0562. The number of aromatic amines is 1. The molecule has 2 aromatic carbocycles. The van der Waals surface area contributed by atoms with Crippen LogP contribution in [0.5, 0.6) is 0 Å². The number of ether oxygens (including phenoxy) is 5. The van der Waals surface area contributed by atoms with Crippen LogP contribution in [0.1, 0.15) is 122 Å². The third-order valence-electron chi connectivity index (χ3n) is 19.3. The Morgan fingerprint density at radius 3 is 1.93 bits per heavy atom. The van der Waals surface area contributed by atoms with Crippen LogP contribution in [-0.4, -0.2) is 295 Å². The number of nitro benzene ring substituents is 2. The number of hydrogen-bond acceptors (Lipinski definition) is 37. The third kappa shape index (κ3) is 25.6. The number of nitro groups is 2. The van der Waals surface area contributed by atoms with Gasteiger partial charge in [-0.1, -0.05) is 6.92 Å². The van der Waals surface area contributed by atoms with E-state index < -0.39 is 210 Å². The maximum atomic E-state index is 15.3. The first-order valence-electron chi connectivity index (χ1n) is 37.4. The van der Waals surface area contributed by atoms with Gasteiger partial charge < -0.3 is 140 Å². The highest BCUT2D eigenvalue weighted by molar-refractivity contribution is 7.14. The molecule has 658 valence electrons. The van der Waals surface area contributed by atoms with E-state index in [1.807, 2.05) is 0 Å². The lowest BCUT2D eigenvalue weighted by Crippen LogP contribution is -2.65. The Morgan fingerprint density at radius 1 is 0.686 bits per heavy atom. The minimum atomic E-state index is -2.23. The maximum Gasteiger partial charge on any atom is 0.404 e. The van der Waals surface area contributed by atoms with Gasteiger partial charge in [-0.2, -0.15) is 0 Å². The average molecular weight is 1740 g/mol. The molecular weight excluding hydrogens is 1640 g/mol. The summed E-state index contributed by atoms with van der Waals surface area (Å²) in [4.78, 5) is 181. The van der Waals surface area contributed by atoms with Crippen LogP contribution in [0.15, 0.2) is 71.8 Å². The van der Waals surface area contributed by atoms with Gasteiger partial charge in [0.1, 0.15) is 94.6 Å². The highest BCUT2D eigenvalue weighted by Gasteiger charge is 2.54. The largest absolute Gasteiger partial charge is 0.441 e. The first kappa shape index (κ1) is 95.0. The van der Waals surface area contributed by atoms with Gasteiger partial charge in [0.15, 0.2) is 18.7 Å². The lowest BCUT2D eigenvalue weighted by atomic mass is 9.96. The van der Waals surface area contributed by atoms with Crippen molar-refractivity contribution in [1.82, 2.24) is 72.0 Å². The summed E-state index contributed by atoms with van der Waals surface area (Å²) in [6.45, 7) is 3.03. The van der Waals surface area contributed by atoms with Gasteiger partial charge in [0.2, 0.25) is 29.5 Å². The van der Waals surface area contributed by atoms with Gasteiger partial charge in [0, 0.05) is 104 Å². The van der Waals surface area contributed by atoms with Crippen molar-refractivity contribution < 1.29 is 122 Å². The number of nitrogens with one attached hydrogen (secondary N) is 8.